The van der Waals surface area contributed by atoms with Crippen LogP contribution in [0.3, 0.4) is 0 Å². The number of unbranched alkanes of at least 4 members (excludes halogenated alkanes) is 1. The molecule has 0 aliphatic heterocycles. The van der Waals surface area contributed by atoms with Gasteiger partial charge in [0, 0.05) is 0 Å². The molecule has 27 heavy (non-hydrogen) atoms. The lowest BCUT2D eigenvalue weighted by molar-refractivity contribution is 0.110. The monoisotopic (exact) mass is 382 g/mol. The topological polar surface area (TPSA) is 0 Å². The molecule has 0 aromatic heterocycles. The molecule has 0 amide bonds. The van der Waals surface area contributed by atoms with Gasteiger partial charge in [0.2, 0.25) is 0 Å². The number of rotatable bonds is 13. The van der Waals surface area contributed by atoms with E-state index in [0.717, 1.165) is 29.6 Å². The SMILES string of the molecule is C.C.CCC(C)CCC/C=C\CC(C)CCC(C(C)C(C)CC)C(C)(C)C. The van der Waals surface area contributed by atoms with Gasteiger partial charge in [0.1, 0.15) is 0 Å². The molecule has 0 aromatic carbocycles. The molecule has 0 aromatic rings. The average Bonchev–Trinajstić information content (AvgIpc) is 2.55. The fourth-order valence-corrected chi connectivity index (χ4v) is 4.07. The minimum Gasteiger partial charge on any atom is -0.0885 e. The van der Waals surface area contributed by atoms with Gasteiger partial charge in [-0.05, 0) is 60.7 Å². The summed E-state index contributed by atoms with van der Waals surface area (Å²) in [6, 6.07) is 0. The third kappa shape index (κ3) is 14.4. The highest BCUT2D eigenvalue weighted by Crippen LogP contribution is 2.40. The summed E-state index contributed by atoms with van der Waals surface area (Å²) in [5.74, 6) is 4.22. The van der Waals surface area contributed by atoms with Crippen molar-refractivity contribution in [1.82, 2.24) is 0 Å². The Bertz CT molecular complexity index is 332. The summed E-state index contributed by atoms with van der Waals surface area (Å²) in [6.45, 7) is 21.7. The third-order valence-electron chi connectivity index (χ3n) is 6.73. The maximum absolute atomic E-state index is 2.49. The van der Waals surface area contributed by atoms with Crippen LogP contribution in [0.5, 0.6) is 0 Å². The van der Waals surface area contributed by atoms with E-state index in [2.05, 4.69) is 74.5 Å². The molecule has 0 fully saturated rings. The Morgan fingerprint density at radius 3 is 1.81 bits per heavy atom. The van der Waals surface area contributed by atoms with Gasteiger partial charge < -0.3 is 0 Å². The summed E-state index contributed by atoms with van der Waals surface area (Å²) in [5, 5.41) is 0. The molecule has 5 unspecified atom stereocenters. The number of hydrogen-bond acceptors (Lipinski definition) is 0. The van der Waals surface area contributed by atoms with Crippen molar-refractivity contribution in [2.45, 2.75) is 129 Å². The molecule has 0 saturated carbocycles. The largest absolute Gasteiger partial charge is 0.0885 e. The molecule has 0 heterocycles. The standard InChI is InChI=1S/C25H50.2CH4/c1-10-20(3)16-14-12-13-15-17-21(4)18-19-24(25(7,8)9)23(6)22(5)11-2;;/h13,15,20-24H,10-12,14,16-19H2,1-9H3;2*1H4/b15-13-;;. The van der Waals surface area contributed by atoms with E-state index in [0.29, 0.717) is 5.41 Å². The summed E-state index contributed by atoms with van der Waals surface area (Å²) in [4.78, 5) is 0. The first-order chi connectivity index (χ1) is 11.6. The lowest BCUT2D eigenvalue weighted by Gasteiger charge is -2.39. The molecule has 166 valence electrons. The molecule has 0 rings (SSSR count). The zero-order chi connectivity index (χ0) is 19.5. The minimum absolute atomic E-state index is 0. The lowest BCUT2D eigenvalue weighted by atomic mass is 9.67. The smallest absolute Gasteiger partial charge is 0.0325 e. The molecule has 0 nitrogen and oxygen atoms in total. The quantitative estimate of drug-likeness (QED) is 0.219. The fraction of sp³-hybridized carbons (Fsp3) is 0.926. The molecule has 0 aliphatic carbocycles. The predicted octanol–water partition coefficient (Wildman–Crippen LogP) is 10.2. The van der Waals surface area contributed by atoms with Crippen LogP contribution in [0.4, 0.5) is 0 Å². The molecule has 0 saturated heterocycles. The zero-order valence-corrected chi connectivity index (χ0v) is 19.2. The van der Waals surface area contributed by atoms with Gasteiger partial charge in [-0.15, -0.1) is 0 Å². The molecule has 5 atom stereocenters. The second kappa shape index (κ2) is 16.7. The molecule has 0 spiro atoms. The van der Waals surface area contributed by atoms with Gasteiger partial charge in [0.05, 0.1) is 0 Å². The normalized spacial score (nSPS) is 17.5. The number of hydrogen-bond donors (Lipinski definition) is 0. The van der Waals surface area contributed by atoms with Gasteiger partial charge in [-0.3, -0.25) is 0 Å². The maximum atomic E-state index is 2.49. The molecule has 0 radical (unpaired) electrons. The van der Waals surface area contributed by atoms with Crippen LogP contribution in [0.1, 0.15) is 129 Å². The van der Waals surface area contributed by atoms with Crippen LogP contribution in [-0.4, -0.2) is 0 Å². The molecule has 0 N–H and O–H groups in total. The van der Waals surface area contributed by atoms with Crippen LogP contribution < -0.4 is 0 Å². The highest BCUT2D eigenvalue weighted by atomic mass is 14.4. The zero-order valence-electron chi connectivity index (χ0n) is 19.2. The summed E-state index contributed by atoms with van der Waals surface area (Å²) in [7, 11) is 0. The van der Waals surface area contributed by atoms with E-state index in [4.69, 9.17) is 0 Å². The minimum atomic E-state index is 0. The van der Waals surface area contributed by atoms with Crippen LogP contribution >= 0.6 is 0 Å². The van der Waals surface area contributed by atoms with Crippen molar-refractivity contribution in [2.24, 2.45) is 35.0 Å². The van der Waals surface area contributed by atoms with Gasteiger partial charge in [-0.2, -0.15) is 0 Å². The maximum Gasteiger partial charge on any atom is -0.0325 e. The summed E-state index contributed by atoms with van der Waals surface area (Å²) in [6.07, 6.45) is 15.6. The fourth-order valence-electron chi connectivity index (χ4n) is 4.07. The van der Waals surface area contributed by atoms with Crippen molar-refractivity contribution in [3.63, 3.8) is 0 Å². The highest BCUT2D eigenvalue weighted by molar-refractivity contribution is 4.85. The van der Waals surface area contributed by atoms with Crippen molar-refractivity contribution < 1.29 is 0 Å². The van der Waals surface area contributed by atoms with Gasteiger partial charge >= 0.3 is 0 Å². The van der Waals surface area contributed by atoms with Gasteiger partial charge in [0.25, 0.3) is 0 Å². The van der Waals surface area contributed by atoms with Gasteiger partial charge in [-0.1, -0.05) is 115 Å². The first-order valence-corrected chi connectivity index (χ1v) is 11.3. The number of allylic oxidation sites excluding steroid dienone is 2. The van der Waals surface area contributed by atoms with E-state index in [1.807, 2.05) is 0 Å². The summed E-state index contributed by atoms with van der Waals surface area (Å²) < 4.78 is 0. The third-order valence-corrected chi connectivity index (χ3v) is 6.73. The van der Waals surface area contributed by atoms with E-state index in [1.165, 1.54) is 51.4 Å². The first-order valence-electron chi connectivity index (χ1n) is 11.3. The Morgan fingerprint density at radius 1 is 0.741 bits per heavy atom. The van der Waals surface area contributed by atoms with Crippen molar-refractivity contribution in [3.8, 4) is 0 Å². The molecule has 0 heteroatoms. The Labute approximate surface area is 176 Å². The summed E-state index contributed by atoms with van der Waals surface area (Å²) in [5.41, 5.74) is 0.425. The van der Waals surface area contributed by atoms with Crippen LogP contribution in [0.2, 0.25) is 0 Å². The first kappa shape index (κ1) is 31.4. The molecular formula is C27H58. The second-order valence-corrected chi connectivity index (χ2v) is 10.1. The van der Waals surface area contributed by atoms with Crippen molar-refractivity contribution >= 4 is 0 Å². The molecule has 0 bridgehead atoms. The van der Waals surface area contributed by atoms with Crippen LogP contribution in [0.25, 0.3) is 0 Å². The lowest BCUT2D eigenvalue weighted by Crippen LogP contribution is -2.30. The van der Waals surface area contributed by atoms with Crippen molar-refractivity contribution in [2.75, 3.05) is 0 Å². The molecular weight excluding hydrogens is 324 g/mol. The average molecular weight is 383 g/mol. The van der Waals surface area contributed by atoms with Crippen LogP contribution in [0, 0.1) is 35.0 Å². The van der Waals surface area contributed by atoms with E-state index >= 15 is 0 Å². The van der Waals surface area contributed by atoms with E-state index in [1.54, 1.807) is 0 Å². The Hall–Kier alpha value is -0.260. The predicted molar refractivity (Wildman–Crippen MR) is 130 cm³/mol. The highest BCUT2D eigenvalue weighted by Gasteiger charge is 2.31. The van der Waals surface area contributed by atoms with Crippen LogP contribution in [0.15, 0.2) is 12.2 Å². The van der Waals surface area contributed by atoms with E-state index in [-0.39, 0.29) is 14.9 Å². The Morgan fingerprint density at radius 2 is 1.33 bits per heavy atom. The van der Waals surface area contributed by atoms with E-state index in [9.17, 15) is 0 Å². The Kier molecular flexibility index (Phi) is 19.4. The Balaban J connectivity index is -0.00000288. The summed E-state index contributed by atoms with van der Waals surface area (Å²) >= 11 is 0. The van der Waals surface area contributed by atoms with Gasteiger partial charge in [-0.25, -0.2) is 0 Å². The van der Waals surface area contributed by atoms with Crippen molar-refractivity contribution in [3.05, 3.63) is 12.2 Å². The molecule has 0 aliphatic rings. The van der Waals surface area contributed by atoms with E-state index < -0.39 is 0 Å². The second-order valence-electron chi connectivity index (χ2n) is 10.1. The van der Waals surface area contributed by atoms with Crippen molar-refractivity contribution in [1.29, 1.82) is 0 Å². The van der Waals surface area contributed by atoms with Crippen LogP contribution in [-0.2, 0) is 0 Å². The van der Waals surface area contributed by atoms with Gasteiger partial charge in [0.15, 0.2) is 0 Å².